The number of halogens is 1. The second kappa shape index (κ2) is 7.23. The highest BCUT2D eigenvalue weighted by atomic mass is 32.2. The highest BCUT2D eigenvalue weighted by Crippen LogP contribution is 2.25. The maximum absolute atomic E-state index is 13.0. The van der Waals surface area contributed by atoms with Crippen LogP contribution in [0.2, 0.25) is 0 Å². The molecule has 1 unspecified atom stereocenters. The molecular weight excluding hydrogens is 255 g/mol. The average Bonchev–Trinajstić information content (AvgIpc) is 2.30. The van der Waals surface area contributed by atoms with Gasteiger partial charge in [0, 0.05) is 23.7 Å². The third kappa shape index (κ3) is 4.93. The van der Waals surface area contributed by atoms with Crippen LogP contribution in [0.4, 0.5) is 10.1 Å². The molecule has 1 aromatic rings. The highest BCUT2D eigenvalue weighted by molar-refractivity contribution is 8.00. The van der Waals surface area contributed by atoms with Crippen molar-refractivity contribution in [2.45, 2.75) is 17.9 Å². The molecule has 0 aliphatic heterocycles. The van der Waals surface area contributed by atoms with Crippen molar-refractivity contribution in [1.29, 1.82) is 0 Å². The molecule has 6 heteroatoms. The monoisotopic (exact) mass is 272 g/mol. The Morgan fingerprint density at radius 1 is 1.61 bits per heavy atom. The van der Waals surface area contributed by atoms with Gasteiger partial charge >= 0.3 is 0 Å². The molecule has 3 N–H and O–H groups in total. The number of thioether (sulfide) groups is 1. The van der Waals surface area contributed by atoms with E-state index in [0.29, 0.717) is 17.2 Å². The van der Waals surface area contributed by atoms with Crippen LogP contribution >= 0.6 is 11.8 Å². The van der Waals surface area contributed by atoms with Gasteiger partial charge in [0.15, 0.2) is 0 Å². The number of amides is 1. The molecule has 18 heavy (non-hydrogen) atoms. The lowest BCUT2D eigenvalue weighted by atomic mass is 10.3. The first-order valence-corrected chi connectivity index (χ1v) is 6.47. The number of anilines is 1. The third-order valence-electron chi connectivity index (χ3n) is 2.16. The molecule has 0 aromatic heterocycles. The molecule has 0 saturated carbocycles. The molecule has 1 aromatic carbocycles. The van der Waals surface area contributed by atoms with Crippen LogP contribution in [0.1, 0.15) is 6.92 Å². The maximum Gasteiger partial charge on any atom is 0.230 e. The first-order valence-electron chi connectivity index (χ1n) is 5.49. The number of nitrogen functional groups attached to an aromatic ring is 1. The number of carbonyl (C=O) groups excluding carboxylic acids is 1. The second-order valence-corrected chi connectivity index (χ2v) is 4.91. The minimum Gasteiger partial charge on any atom is -0.398 e. The Kier molecular flexibility index (Phi) is 5.94. The SMILES string of the molecule is COCC(C)NC(=O)CSc1cc(F)ccc1N. The quantitative estimate of drug-likeness (QED) is 0.610. The van der Waals surface area contributed by atoms with Crippen molar-refractivity contribution in [2.24, 2.45) is 0 Å². The second-order valence-electron chi connectivity index (χ2n) is 3.89. The first kappa shape index (κ1) is 14.8. The fourth-order valence-corrected chi connectivity index (χ4v) is 2.19. The maximum atomic E-state index is 13.0. The van der Waals surface area contributed by atoms with Gasteiger partial charge in [-0.3, -0.25) is 4.79 Å². The molecule has 100 valence electrons. The van der Waals surface area contributed by atoms with Crippen LogP contribution in [-0.4, -0.2) is 31.4 Å². The van der Waals surface area contributed by atoms with Crippen molar-refractivity contribution in [3.63, 3.8) is 0 Å². The number of nitrogens with two attached hydrogens (primary N) is 1. The summed E-state index contributed by atoms with van der Waals surface area (Å²) in [5.41, 5.74) is 6.16. The number of benzene rings is 1. The van der Waals surface area contributed by atoms with E-state index in [-0.39, 0.29) is 23.5 Å². The number of methoxy groups -OCH3 is 1. The Balaban J connectivity index is 2.45. The molecule has 1 atom stereocenters. The van der Waals surface area contributed by atoms with Crippen LogP contribution in [-0.2, 0) is 9.53 Å². The Hall–Kier alpha value is -1.27. The zero-order chi connectivity index (χ0) is 13.5. The lowest BCUT2D eigenvalue weighted by Gasteiger charge is -2.12. The van der Waals surface area contributed by atoms with Gasteiger partial charge in [0.25, 0.3) is 0 Å². The molecule has 0 bridgehead atoms. The molecule has 0 spiro atoms. The van der Waals surface area contributed by atoms with Crippen LogP contribution in [0.25, 0.3) is 0 Å². The highest BCUT2D eigenvalue weighted by Gasteiger charge is 2.09. The smallest absolute Gasteiger partial charge is 0.230 e. The topological polar surface area (TPSA) is 64.3 Å². The van der Waals surface area contributed by atoms with E-state index in [0.717, 1.165) is 0 Å². The van der Waals surface area contributed by atoms with E-state index in [4.69, 9.17) is 10.5 Å². The summed E-state index contributed by atoms with van der Waals surface area (Å²) < 4.78 is 17.9. The first-order chi connectivity index (χ1) is 8.52. The van der Waals surface area contributed by atoms with Crippen molar-refractivity contribution in [3.8, 4) is 0 Å². The lowest BCUT2D eigenvalue weighted by Crippen LogP contribution is -2.36. The molecule has 4 nitrogen and oxygen atoms in total. The van der Waals surface area contributed by atoms with Gasteiger partial charge in [0.2, 0.25) is 5.91 Å². The summed E-state index contributed by atoms with van der Waals surface area (Å²) in [7, 11) is 1.57. The number of hydrogen-bond donors (Lipinski definition) is 2. The van der Waals surface area contributed by atoms with Gasteiger partial charge in [-0.05, 0) is 25.1 Å². The fourth-order valence-electron chi connectivity index (χ4n) is 1.38. The van der Waals surface area contributed by atoms with Gasteiger partial charge in [-0.15, -0.1) is 11.8 Å². The van der Waals surface area contributed by atoms with Crippen molar-refractivity contribution in [2.75, 3.05) is 25.2 Å². The number of ether oxygens (including phenoxy) is 1. The van der Waals surface area contributed by atoms with Gasteiger partial charge in [0.05, 0.1) is 12.4 Å². The summed E-state index contributed by atoms with van der Waals surface area (Å²) in [6.45, 7) is 2.31. The van der Waals surface area contributed by atoms with E-state index in [9.17, 15) is 9.18 Å². The molecule has 0 aliphatic carbocycles. The Labute approximate surface area is 110 Å². The van der Waals surface area contributed by atoms with Crippen LogP contribution in [0.15, 0.2) is 23.1 Å². The average molecular weight is 272 g/mol. The molecule has 0 radical (unpaired) electrons. The summed E-state index contributed by atoms with van der Waals surface area (Å²) in [6, 6.07) is 4.06. The van der Waals surface area contributed by atoms with E-state index < -0.39 is 0 Å². The summed E-state index contributed by atoms with van der Waals surface area (Å²) >= 11 is 1.21. The summed E-state index contributed by atoms with van der Waals surface area (Å²) in [6.07, 6.45) is 0. The third-order valence-corrected chi connectivity index (χ3v) is 3.23. The predicted molar refractivity (Wildman–Crippen MR) is 71.0 cm³/mol. The number of rotatable bonds is 6. The predicted octanol–water partition coefficient (Wildman–Crippen LogP) is 1.65. The molecule has 0 fully saturated rings. The Morgan fingerprint density at radius 3 is 3.00 bits per heavy atom. The van der Waals surface area contributed by atoms with Gasteiger partial charge in [-0.25, -0.2) is 4.39 Å². The zero-order valence-electron chi connectivity index (χ0n) is 10.4. The van der Waals surface area contributed by atoms with Crippen molar-refractivity contribution in [3.05, 3.63) is 24.0 Å². The minimum absolute atomic E-state index is 0.0482. The molecule has 0 heterocycles. The van der Waals surface area contributed by atoms with E-state index in [1.807, 2.05) is 6.92 Å². The molecule has 0 saturated heterocycles. The fraction of sp³-hybridized carbons (Fsp3) is 0.417. The van der Waals surface area contributed by atoms with E-state index in [1.165, 1.54) is 30.0 Å². The molecule has 0 aliphatic rings. The Morgan fingerprint density at radius 2 is 2.33 bits per heavy atom. The minimum atomic E-state index is -0.361. The molecule has 1 rings (SSSR count). The summed E-state index contributed by atoms with van der Waals surface area (Å²) in [5, 5.41) is 2.77. The standard InChI is InChI=1S/C12H17FN2O2S/c1-8(6-17-2)15-12(16)7-18-11-5-9(13)3-4-10(11)14/h3-5,8H,6-7,14H2,1-2H3,(H,15,16). The van der Waals surface area contributed by atoms with E-state index >= 15 is 0 Å². The number of nitrogens with one attached hydrogen (secondary N) is 1. The zero-order valence-corrected chi connectivity index (χ0v) is 11.2. The summed E-state index contributed by atoms with van der Waals surface area (Å²) in [4.78, 5) is 12.1. The number of hydrogen-bond acceptors (Lipinski definition) is 4. The van der Waals surface area contributed by atoms with Crippen molar-refractivity contribution >= 4 is 23.4 Å². The van der Waals surface area contributed by atoms with Gasteiger partial charge < -0.3 is 15.8 Å². The Bertz CT molecular complexity index is 415. The summed E-state index contributed by atoms with van der Waals surface area (Å²) in [5.74, 6) is -0.296. The lowest BCUT2D eigenvalue weighted by molar-refractivity contribution is -0.119. The molecular formula is C12H17FN2O2S. The van der Waals surface area contributed by atoms with Gasteiger partial charge in [-0.1, -0.05) is 0 Å². The van der Waals surface area contributed by atoms with Gasteiger partial charge in [-0.2, -0.15) is 0 Å². The van der Waals surface area contributed by atoms with Crippen molar-refractivity contribution < 1.29 is 13.9 Å². The van der Waals surface area contributed by atoms with E-state index in [1.54, 1.807) is 7.11 Å². The normalized spacial score (nSPS) is 12.2. The van der Waals surface area contributed by atoms with E-state index in [2.05, 4.69) is 5.32 Å². The van der Waals surface area contributed by atoms with Crippen LogP contribution in [0.5, 0.6) is 0 Å². The van der Waals surface area contributed by atoms with Gasteiger partial charge in [0.1, 0.15) is 5.82 Å². The number of carbonyl (C=O) groups is 1. The van der Waals surface area contributed by atoms with Crippen LogP contribution in [0, 0.1) is 5.82 Å². The van der Waals surface area contributed by atoms with Crippen LogP contribution in [0.3, 0.4) is 0 Å². The van der Waals surface area contributed by atoms with Crippen molar-refractivity contribution in [1.82, 2.24) is 5.32 Å². The molecule has 1 amide bonds. The largest absolute Gasteiger partial charge is 0.398 e. The van der Waals surface area contributed by atoms with Crippen LogP contribution < -0.4 is 11.1 Å².